The zero-order valence-electron chi connectivity index (χ0n) is 11.3. The second-order valence-electron chi connectivity index (χ2n) is 5.70. The van der Waals surface area contributed by atoms with Crippen molar-refractivity contribution in [2.24, 2.45) is 5.73 Å². The van der Waals surface area contributed by atoms with Crippen LogP contribution in [0.15, 0.2) is 23.3 Å². The summed E-state index contributed by atoms with van der Waals surface area (Å²) >= 11 is 0. The molecule has 4 nitrogen and oxygen atoms in total. The number of allylic oxidation sites excluding steroid dienone is 2. The van der Waals surface area contributed by atoms with Crippen molar-refractivity contribution in [3.8, 4) is 0 Å². The van der Waals surface area contributed by atoms with E-state index in [-0.39, 0.29) is 0 Å². The van der Waals surface area contributed by atoms with Crippen molar-refractivity contribution in [3.05, 3.63) is 23.3 Å². The van der Waals surface area contributed by atoms with E-state index >= 15 is 0 Å². The van der Waals surface area contributed by atoms with Gasteiger partial charge in [0.2, 0.25) is 0 Å². The first-order valence-corrected chi connectivity index (χ1v) is 5.76. The fourth-order valence-corrected chi connectivity index (χ4v) is 1.76. The van der Waals surface area contributed by atoms with Crippen LogP contribution in [0.3, 0.4) is 0 Å². The highest BCUT2D eigenvalue weighted by Crippen LogP contribution is 2.25. The number of carbonyl (C=O) groups excluding carboxylic acids is 1. The molecule has 0 aliphatic heterocycles. The van der Waals surface area contributed by atoms with Crippen molar-refractivity contribution in [3.63, 3.8) is 0 Å². The average Bonchev–Trinajstić information content (AvgIpc) is 2.32. The number of hydrogen-bond donors (Lipinski definition) is 2. The van der Waals surface area contributed by atoms with Gasteiger partial charge in [0.05, 0.1) is 5.54 Å². The van der Waals surface area contributed by atoms with Gasteiger partial charge >= 0.3 is 6.09 Å². The van der Waals surface area contributed by atoms with Crippen LogP contribution >= 0.6 is 0 Å². The predicted octanol–water partition coefficient (Wildman–Crippen LogP) is 2.11. The van der Waals surface area contributed by atoms with E-state index in [9.17, 15) is 4.79 Å². The molecule has 1 aliphatic rings. The summed E-state index contributed by atoms with van der Waals surface area (Å²) in [5.41, 5.74) is 7.25. The van der Waals surface area contributed by atoms with Gasteiger partial charge in [-0.2, -0.15) is 0 Å². The summed E-state index contributed by atoms with van der Waals surface area (Å²) < 4.78 is 5.16. The molecular weight excluding hydrogens is 216 g/mol. The van der Waals surface area contributed by atoms with Gasteiger partial charge in [-0.1, -0.05) is 17.7 Å². The van der Waals surface area contributed by atoms with E-state index in [4.69, 9.17) is 10.5 Å². The first kappa shape index (κ1) is 13.8. The molecule has 96 valence electrons. The molecule has 0 aromatic carbocycles. The van der Waals surface area contributed by atoms with E-state index in [0.717, 1.165) is 11.1 Å². The van der Waals surface area contributed by atoms with Gasteiger partial charge in [-0.05, 0) is 40.2 Å². The van der Waals surface area contributed by atoms with Crippen LogP contribution in [0.5, 0.6) is 0 Å². The van der Waals surface area contributed by atoms with Crippen molar-refractivity contribution >= 4 is 6.09 Å². The van der Waals surface area contributed by atoms with Crippen LogP contribution in [0.1, 0.15) is 34.6 Å². The number of amides is 1. The smallest absolute Gasteiger partial charge is 0.407 e. The molecule has 3 N–H and O–H groups in total. The third kappa shape index (κ3) is 4.23. The molecule has 0 saturated heterocycles. The molecular formula is C13H22N2O2. The van der Waals surface area contributed by atoms with Crippen molar-refractivity contribution in [2.45, 2.75) is 45.8 Å². The Hall–Kier alpha value is -1.29. The number of alkyl carbamates (subject to hydrolysis) is 1. The van der Waals surface area contributed by atoms with E-state index in [2.05, 4.69) is 5.32 Å². The zero-order chi connectivity index (χ0) is 13.3. The summed E-state index contributed by atoms with van der Waals surface area (Å²) in [6, 6.07) is 0. The standard InChI is InChI=1S/C13H22N2O2/c1-9-6-10(13(5,14)7-9)8-15-11(16)17-12(2,3)4/h6-7H,8,14H2,1-5H3,(H,15,16). The molecule has 0 aromatic heterocycles. The van der Waals surface area contributed by atoms with Gasteiger partial charge in [-0.15, -0.1) is 0 Å². The van der Waals surface area contributed by atoms with Gasteiger partial charge in [-0.3, -0.25) is 0 Å². The quantitative estimate of drug-likeness (QED) is 0.774. The van der Waals surface area contributed by atoms with Crippen LogP contribution in [0.25, 0.3) is 0 Å². The van der Waals surface area contributed by atoms with Crippen LogP contribution in [-0.4, -0.2) is 23.8 Å². The largest absolute Gasteiger partial charge is 0.444 e. The molecule has 0 aromatic rings. The maximum Gasteiger partial charge on any atom is 0.407 e. The minimum absolute atomic E-state index is 0.412. The van der Waals surface area contributed by atoms with Gasteiger partial charge < -0.3 is 15.8 Å². The lowest BCUT2D eigenvalue weighted by atomic mass is 9.97. The van der Waals surface area contributed by atoms with E-state index in [1.165, 1.54) is 0 Å². The Morgan fingerprint density at radius 2 is 2.12 bits per heavy atom. The van der Waals surface area contributed by atoms with Crippen molar-refractivity contribution < 1.29 is 9.53 Å². The Bertz CT molecular complexity index is 373. The summed E-state index contributed by atoms with van der Waals surface area (Å²) in [7, 11) is 0. The summed E-state index contributed by atoms with van der Waals surface area (Å²) in [5, 5.41) is 2.71. The molecule has 0 bridgehead atoms. The van der Waals surface area contributed by atoms with Crippen LogP contribution in [0.2, 0.25) is 0 Å². The second kappa shape index (κ2) is 4.53. The fraction of sp³-hybridized carbons (Fsp3) is 0.615. The maximum atomic E-state index is 11.5. The number of nitrogens with one attached hydrogen (secondary N) is 1. The fourth-order valence-electron chi connectivity index (χ4n) is 1.76. The van der Waals surface area contributed by atoms with Crippen LogP contribution in [0.4, 0.5) is 4.79 Å². The Kier molecular flexibility index (Phi) is 3.67. The minimum atomic E-state index is -0.478. The Balaban J connectivity index is 2.49. The van der Waals surface area contributed by atoms with Gasteiger partial charge in [0.25, 0.3) is 0 Å². The van der Waals surface area contributed by atoms with Gasteiger partial charge in [0.15, 0.2) is 0 Å². The van der Waals surface area contributed by atoms with Gasteiger partial charge in [-0.25, -0.2) is 4.79 Å². The number of carbonyl (C=O) groups is 1. The molecule has 17 heavy (non-hydrogen) atoms. The highest BCUT2D eigenvalue weighted by molar-refractivity contribution is 5.68. The lowest BCUT2D eigenvalue weighted by Crippen LogP contribution is -2.41. The summed E-state index contributed by atoms with van der Waals surface area (Å²) in [5.74, 6) is 0. The molecule has 1 rings (SSSR count). The lowest BCUT2D eigenvalue weighted by molar-refractivity contribution is 0.0532. The third-order valence-electron chi connectivity index (χ3n) is 2.44. The Morgan fingerprint density at radius 3 is 2.53 bits per heavy atom. The number of nitrogens with two attached hydrogens (primary N) is 1. The van der Waals surface area contributed by atoms with Crippen molar-refractivity contribution in [2.75, 3.05) is 6.54 Å². The zero-order valence-corrected chi connectivity index (χ0v) is 11.3. The van der Waals surface area contributed by atoms with Gasteiger partial charge in [0.1, 0.15) is 5.60 Å². The summed E-state index contributed by atoms with van der Waals surface area (Å²) in [6.45, 7) is 9.83. The molecule has 1 atom stereocenters. The molecule has 1 aliphatic carbocycles. The number of hydrogen-bond acceptors (Lipinski definition) is 3. The minimum Gasteiger partial charge on any atom is -0.444 e. The number of ether oxygens (including phenoxy) is 1. The third-order valence-corrected chi connectivity index (χ3v) is 2.44. The number of rotatable bonds is 2. The van der Waals surface area contributed by atoms with Crippen LogP contribution in [-0.2, 0) is 4.74 Å². The average molecular weight is 238 g/mol. The molecule has 0 spiro atoms. The normalized spacial score (nSPS) is 24.1. The van der Waals surface area contributed by atoms with Gasteiger partial charge in [0, 0.05) is 6.54 Å². The molecule has 0 fully saturated rings. The highest BCUT2D eigenvalue weighted by atomic mass is 16.6. The van der Waals surface area contributed by atoms with E-state index < -0.39 is 17.2 Å². The van der Waals surface area contributed by atoms with Crippen LogP contribution in [0, 0.1) is 0 Å². The Labute approximate surface area is 103 Å². The molecule has 1 unspecified atom stereocenters. The molecule has 0 heterocycles. The predicted molar refractivity (Wildman–Crippen MR) is 68.7 cm³/mol. The first-order chi connectivity index (χ1) is 7.60. The first-order valence-electron chi connectivity index (χ1n) is 5.76. The molecule has 0 saturated carbocycles. The topological polar surface area (TPSA) is 64.3 Å². The van der Waals surface area contributed by atoms with Crippen LogP contribution < -0.4 is 11.1 Å². The monoisotopic (exact) mass is 238 g/mol. The molecule has 0 radical (unpaired) electrons. The van der Waals surface area contributed by atoms with E-state index in [1.54, 1.807) is 0 Å². The second-order valence-corrected chi connectivity index (χ2v) is 5.70. The Morgan fingerprint density at radius 1 is 1.53 bits per heavy atom. The summed E-state index contributed by atoms with van der Waals surface area (Å²) in [4.78, 5) is 11.5. The van der Waals surface area contributed by atoms with Crippen molar-refractivity contribution in [1.29, 1.82) is 0 Å². The summed E-state index contributed by atoms with van der Waals surface area (Å²) in [6.07, 6.45) is 3.56. The van der Waals surface area contributed by atoms with E-state index in [0.29, 0.717) is 6.54 Å². The maximum absolute atomic E-state index is 11.5. The lowest BCUT2D eigenvalue weighted by Gasteiger charge is -2.23. The van der Waals surface area contributed by atoms with E-state index in [1.807, 2.05) is 46.8 Å². The van der Waals surface area contributed by atoms with Crippen molar-refractivity contribution in [1.82, 2.24) is 5.32 Å². The highest BCUT2D eigenvalue weighted by Gasteiger charge is 2.26. The SMILES string of the molecule is CC1=CC(C)(N)C(CNC(=O)OC(C)(C)C)=C1. The molecule has 4 heteroatoms. The molecule has 1 amide bonds.